The molecule has 2 unspecified atom stereocenters. The van der Waals surface area contributed by atoms with Crippen molar-refractivity contribution in [2.45, 2.75) is 41.3 Å². The van der Waals surface area contributed by atoms with E-state index in [0.717, 1.165) is 0 Å². The van der Waals surface area contributed by atoms with Crippen molar-refractivity contribution in [2.75, 3.05) is 0 Å². The Morgan fingerprint density at radius 3 is 0.900 bits per heavy atom. The van der Waals surface area contributed by atoms with Crippen molar-refractivity contribution < 1.29 is 57.4 Å². The number of rotatable bonds is 0. The summed E-state index contributed by atoms with van der Waals surface area (Å²) in [6.45, 7) is 0. The van der Waals surface area contributed by atoms with Gasteiger partial charge in [-0.05, 0) is 0 Å². The first-order valence-corrected chi connectivity index (χ1v) is 4.43. The van der Waals surface area contributed by atoms with Gasteiger partial charge in [-0.2, -0.15) is 43.9 Å². The molecule has 118 valence electrons. The normalized spacial score (nSPS) is 46.2. The summed E-state index contributed by atoms with van der Waals surface area (Å²) in [7, 11) is 0. The van der Waals surface area contributed by atoms with Crippen LogP contribution in [0.2, 0.25) is 0 Å². The number of halogens is 12. The van der Waals surface area contributed by atoms with E-state index in [0.29, 0.717) is 0 Å². The van der Waals surface area contributed by atoms with Gasteiger partial charge in [-0.3, -0.25) is 0 Å². The van der Waals surface area contributed by atoms with E-state index in [1.165, 1.54) is 0 Å². The maximum atomic E-state index is 13.5. The van der Waals surface area contributed by atoms with Gasteiger partial charge in [0.25, 0.3) is 0 Å². The van der Waals surface area contributed by atoms with Crippen LogP contribution in [-0.2, 0) is 4.74 Å². The maximum Gasteiger partial charge on any atom is 0.404 e. The third-order valence-electron chi connectivity index (χ3n) is 3.19. The molecular weight excluding hydrogens is 328 g/mol. The zero-order valence-electron chi connectivity index (χ0n) is 8.44. The van der Waals surface area contributed by atoms with E-state index in [1.807, 2.05) is 4.74 Å². The summed E-state index contributed by atoms with van der Waals surface area (Å²) in [5.41, 5.74) is -13.9. The Kier molecular flexibility index (Phi) is 2.32. The second-order valence-electron chi connectivity index (χ2n) is 4.18. The van der Waals surface area contributed by atoms with E-state index in [9.17, 15) is 52.7 Å². The first-order chi connectivity index (χ1) is 8.46. The van der Waals surface area contributed by atoms with E-state index < -0.39 is 41.3 Å². The van der Waals surface area contributed by atoms with Crippen LogP contribution in [0.5, 0.6) is 0 Å². The van der Waals surface area contributed by atoms with E-state index in [2.05, 4.69) is 0 Å². The lowest BCUT2D eigenvalue weighted by atomic mass is 9.87. The van der Waals surface area contributed by atoms with Crippen LogP contribution in [0.4, 0.5) is 52.7 Å². The molecule has 0 radical (unpaired) electrons. The number of alkyl halides is 12. The minimum atomic E-state index is -7.16. The largest absolute Gasteiger partial charge is 0.404 e. The summed E-state index contributed by atoms with van der Waals surface area (Å²) >= 11 is 0. The Morgan fingerprint density at radius 2 is 0.650 bits per heavy atom. The second kappa shape index (κ2) is 2.99. The third kappa shape index (κ3) is 0.959. The average molecular weight is 328 g/mol. The molecule has 1 aliphatic heterocycles. The topological polar surface area (TPSA) is 9.23 Å². The van der Waals surface area contributed by atoms with Gasteiger partial charge in [-0.15, -0.1) is 0 Å². The van der Waals surface area contributed by atoms with Crippen LogP contribution in [-0.4, -0.2) is 41.3 Å². The molecule has 1 heterocycles. The molecule has 0 aromatic heterocycles. The molecule has 0 N–H and O–H groups in total. The second-order valence-corrected chi connectivity index (χ2v) is 4.18. The van der Waals surface area contributed by atoms with Crippen molar-refractivity contribution in [3.05, 3.63) is 0 Å². The fraction of sp³-hybridized carbons (Fsp3) is 1.00. The van der Waals surface area contributed by atoms with Crippen LogP contribution in [0.1, 0.15) is 0 Å². The molecule has 0 amide bonds. The molecular formula is C7F12O. The maximum absolute atomic E-state index is 13.5. The minimum absolute atomic E-state index is 1.96. The highest BCUT2D eigenvalue weighted by molar-refractivity contribution is 5.37. The molecule has 0 aromatic rings. The third-order valence-corrected chi connectivity index (χ3v) is 3.19. The average Bonchev–Trinajstić information content (AvgIpc) is 2.36. The standard InChI is InChI=1S/C7F12O/c8-1-2(9,7(18,19)20-6(1,16)17)4(12,13)5(14,15)3(1,10)11. The summed E-state index contributed by atoms with van der Waals surface area (Å²) in [4.78, 5) is 0. The van der Waals surface area contributed by atoms with Crippen molar-refractivity contribution in [3.8, 4) is 0 Å². The number of ether oxygens (including phenoxy) is 1. The lowest BCUT2D eigenvalue weighted by molar-refractivity contribution is -0.406. The SMILES string of the molecule is FC1(F)OC(F)(F)C2(F)C(F)(F)C(F)(F)C(F)(F)C12F. The molecule has 2 aliphatic rings. The van der Waals surface area contributed by atoms with Crippen LogP contribution in [0.25, 0.3) is 0 Å². The first kappa shape index (κ1) is 15.5. The van der Waals surface area contributed by atoms with Crippen molar-refractivity contribution in [1.29, 1.82) is 0 Å². The molecule has 13 heteroatoms. The molecule has 1 saturated heterocycles. The summed E-state index contributed by atoms with van der Waals surface area (Å²) in [5, 5.41) is 0. The molecule has 1 nitrogen and oxygen atoms in total. The van der Waals surface area contributed by atoms with E-state index in [1.54, 1.807) is 0 Å². The number of fused-ring (bicyclic) bond motifs is 1. The Balaban J connectivity index is 2.94. The summed E-state index contributed by atoms with van der Waals surface area (Å²) in [5.74, 6) is -21.5. The quantitative estimate of drug-likeness (QED) is 0.618. The molecule has 1 saturated carbocycles. The van der Waals surface area contributed by atoms with Gasteiger partial charge < -0.3 is 0 Å². The van der Waals surface area contributed by atoms with Gasteiger partial charge in [-0.1, -0.05) is 0 Å². The Bertz CT molecular complexity index is 430. The highest BCUT2D eigenvalue weighted by atomic mass is 19.4. The van der Waals surface area contributed by atoms with Gasteiger partial charge in [-0.25, -0.2) is 13.5 Å². The molecule has 2 rings (SSSR count). The van der Waals surface area contributed by atoms with Crippen LogP contribution >= 0.6 is 0 Å². The van der Waals surface area contributed by atoms with Crippen molar-refractivity contribution >= 4 is 0 Å². The zero-order chi connectivity index (χ0) is 16.2. The molecule has 2 fully saturated rings. The fourth-order valence-corrected chi connectivity index (χ4v) is 2.13. The lowest BCUT2D eigenvalue weighted by Crippen LogP contribution is -2.65. The van der Waals surface area contributed by atoms with Gasteiger partial charge >= 0.3 is 41.3 Å². The van der Waals surface area contributed by atoms with Crippen molar-refractivity contribution in [3.63, 3.8) is 0 Å². The van der Waals surface area contributed by atoms with Crippen molar-refractivity contribution in [2.24, 2.45) is 0 Å². The first-order valence-electron chi connectivity index (χ1n) is 4.43. The summed E-state index contributed by atoms with van der Waals surface area (Å²) < 4.78 is 157. The summed E-state index contributed by atoms with van der Waals surface area (Å²) in [6.07, 6.45) is -13.3. The van der Waals surface area contributed by atoms with Crippen LogP contribution in [0, 0.1) is 0 Å². The highest BCUT2D eigenvalue weighted by Crippen LogP contribution is 2.78. The molecule has 1 aliphatic carbocycles. The van der Waals surface area contributed by atoms with Gasteiger partial charge in [0.1, 0.15) is 0 Å². The Hall–Kier alpha value is -0.880. The van der Waals surface area contributed by atoms with Gasteiger partial charge in [0.05, 0.1) is 0 Å². The highest BCUT2D eigenvalue weighted by Gasteiger charge is 3.12. The molecule has 2 atom stereocenters. The molecule has 0 spiro atoms. The summed E-state index contributed by atoms with van der Waals surface area (Å²) in [6, 6.07) is 0. The van der Waals surface area contributed by atoms with Crippen molar-refractivity contribution in [1.82, 2.24) is 0 Å². The molecule has 0 aromatic carbocycles. The van der Waals surface area contributed by atoms with Crippen LogP contribution < -0.4 is 0 Å². The van der Waals surface area contributed by atoms with E-state index in [-0.39, 0.29) is 0 Å². The lowest BCUT2D eigenvalue weighted by Gasteiger charge is -2.31. The number of hydrogen-bond donors (Lipinski definition) is 0. The zero-order valence-corrected chi connectivity index (χ0v) is 8.44. The van der Waals surface area contributed by atoms with Crippen LogP contribution in [0.3, 0.4) is 0 Å². The molecule has 0 bridgehead atoms. The smallest absolute Gasteiger partial charge is 0.249 e. The Morgan fingerprint density at radius 1 is 0.400 bits per heavy atom. The Labute approximate surface area is 100 Å². The van der Waals surface area contributed by atoms with Gasteiger partial charge in [0.15, 0.2) is 0 Å². The fourth-order valence-electron chi connectivity index (χ4n) is 2.13. The predicted molar refractivity (Wildman–Crippen MR) is 33.5 cm³/mol. The van der Waals surface area contributed by atoms with Crippen LogP contribution in [0.15, 0.2) is 0 Å². The monoisotopic (exact) mass is 328 g/mol. The minimum Gasteiger partial charge on any atom is -0.249 e. The van der Waals surface area contributed by atoms with E-state index >= 15 is 0 Å². The molecule has 20 heavy (non-hydrogen) atoms. The van der Waals surface area contributed by atoms with Gasteiger partial charge in [0.2, 0.25) is 0 Å². The van der Waals surface area contributed by atoms with E-state index in [4.69, 9.17) is 0 Å². The van der Waals surface area contributed by atoms with Gasteiger partial charge in [0, 0.05) is 0 Å². The predicted octanol–water partition coefficient (Wildman–Crippen LogP) is 3.54. The number of hydrogen-bond acceptors (Lipinski definition) is 1.